The highest BCUT2D eigenvalue weighted by Gasteiger charge is 2.39. The van der Waals surface area contributed by atoms with Crippen molar-refractivity contribution >= 4 is 11.9 Å². The molecule has 27 heavy (non-hydrogen) atoms. The Bertz CT molecular complexity index is 850. The van der Waals surface area contributed by atoms with Gasteiger partial charge in [-0.05, 0) is 29.3 Å². The van der Waals surface area contributed by atoms with Crippen LogP contribution in [0, 0.1) is 0 Å². The molecule has 1 saturated heterocycles. The van der Waals surface area contributed by atoms with Crippen LogP contribution >= 0.6 is 0 Å². The van der Waals surface area contributed by atoms with Crippen LogP contribution in [-0.2, 0) is 17.5 Å². The van der Waals surface area contributed by atoms with Gasteiger partial charge >= 0.3 is 12.1 Å². The Morgan fingerprint density at radius 3 is 2.44 bits per heavy atom. The number of hydrogen-bond donors (Lipinski definition) is 2. The highest BCUT2D eigenvalue weighted by Crippen LogP contribution is 2.37. The Morgan fingerprint density at radius 1 is 1.15 bits per heavy atom. The molecule has 5 nitrogen and oxygen atoms in total. The molecule has 3 rings (SSSR count). The first-order valence-corrected chi connectivity index (χ1v) is 8.27. The summed E-state index contributed by atoms with van der Waals surface area (Å²) in [5.74, 6) is -1.55. The topological polar surface area (TPSA) is 69.6 Å². The number of rotatable bonds is 4. The molecule has 0 aliphatic carbocycles. The smallest absolute Gasteiger partial charge is 0.416 e. The lowest BCUT2D eigenvalue weighted by molar-refractivity contribution is -0.140. The first-order valence-electron chi connectivity index (χ1n) is 8.27. The van der Waals surface area contributed by atoms with Crippen LogP contribution in [0.2, 0.25) is 0 Å². The molecule has 2 aromatic rings. The molecule has 0 aromatic heterocycles. The number of carboxylic acids is 1. The van der Waals surface area contributed by atoms with Crippen molar-refractivity contribution in [2.75, 3.05) is 13.1 Å². The highest BCUT2D eigenvalue weighted by atomic mass is 19.4. The molecule has 1 aliphatic heterocycles. The zero-order chi connectivity index (χ0) is 19.6. The molecule has 1 atom stereocenters. The Hall–Kier alpha value is -2.87. The van der Waals surface area contributed by atoms with Crippen LogP contribution in [-0.4, -0.2) is 35.0 Å². The monoisotopic (exact) mass is 378 g/mol. The second-order valence-corrected chi connectivity index (χ2v) is 6.25. The van der Waals surface area contributed by atoms with E-state index in [4.69, 9.17) is 5.11 Å². The first-order chi connectivity index (χ1) is 12.8. The van der Waals surface area contributed by atoms with Gasteiger partial charge in [-0.1, -0.05) is 30.3 Å². The van der Waals surface area contributed by atoms with Crippen LogP contribution in [0.4, 0.5) is 13.2 Å². The minimum atomic E-state index is -4.57. The summed E-state index contributed by atoms with van der Waals surface area (Å²) in [5, 5.41) is 11.6. The van der Waals surface area contributed by atoms with Gasteiger partial charge in [0.2, 0.25) is 5.91 Å². The quantitative estimate of drug-likeness (QED) is 0.858. The standard InChI is InChI=1S/C19H17F3N2O3/c20-19(21,22)15-4-2-1-3-14(15)16-17(25)23-9-10-24(16)11-12-5-7-13(8-6-12)18(26)27/h1-8,16H,9-11H2,(H,23,25)(H,26,27). The maximum Gasteiger partial charge on any atom is 0.416 e. The van der Waals surface area contributed by atoms with E-state index >= 15 is 0 Å². The van der Waals surface area contributed by atoms with Gasteiger partial charge in [-0.25, -0.2) is 4.79 Å². The number of carboxylic acid groups (broad SMARTS) is 1. The summed E-state index contributed by atoms with van der Waals surface area (Å²) >= 11 is 0. The van der Waals surface area contributed by atoms with E-state index in [9.17, 15) is 22.8 Å². The average molecular weight is 378 g/mol. The fraction of sp³-hybridized carbons (Fsp3) is 0.263. The third-order valence-corrected chi connectivity index (χ3v) is 4.46. The number of hydrogen-bond acceptors (Lipinski definition) is 3. The second-order valence-electron chi connectivity index (χ2n) is 6.25. The van der Waals surface area contributed by atoms with E-state index in [0.29, 0.717) is 18.7 Å². The van der Waals surface area contributed by atoms with E-state index in [1.54, 1.807) is 17.0 Å². The summed E-state index contributed by atoms with van der Waals surface area (Å²) < 4.78 is 40.2. The molecule has 0 bridgehead atoms. The Labute approximate surface area is 153 Å². The normalized spacial score (nSPS) is 18.2. The number of carbonyl (C=O) groups is 2. The van der Waals surface area contributed by atoms with Crippen LogP contribution in [0.1, 0.15) is 33.1 Å². The van der Waals surface area contributed by atoms with E-state index in [-0.39, 0.29) is 17.7 Å². The molecular weight excluding hydrogens is 361 g/mol. The van der Waals surface area contributed by atoms with Crippen molar-refractivity contribution in [2.24, 2.45) is 0 Å². The molecular formula is C19H17F3N2O3. The molecule has 1 fully saturated rings. The molecule has 2 N–H and O–H groups in total. The lowest BCUT2D eigenvalue weighted by Gasteiger charge is -2.36. The van der Waals surface area contributed by atoms with E-state index in [1.807, 2.05) is 0 Å². The number of piperazine rings is 1. The molecule has 2 aromatic carbocycles. The predicted molar refractivity (Wildman–Crippen MR) is 91.0 cm³/mol. The van der Waals surface area contributed by atoms with Crippen molar-refractivity contribution in [3.8, 4) is 0 Å². The van der Waals surface area contributed by atoms with Gasteiger partial charge in [0.05, 0.1) is 11.1 Å². The number of alkyl halides is 3. The number of halogens is 3. The molecule has 1 aliphatic rings. The van der Waals surface area contributed by atoms with Gasteiger partial charge in [-0.2, -0.15) is 13.2 Å². The van der Waals surface area contributed by atoms with E-state index < -0.39 is 29.7 Å². The van der Waals surface area contributed by atoms with Crippen molar-refractivity contribution in [1.82, 2.24) is 10.2 Å². The Kier molecular flexibility index (Phi) is 5.18. The third-order valence-electron chi connectivity index (χ3n) is 4.46. The van der Waals surface area contributed by atoms with E-state index in [0.717, 1.165) is 6.07 Å². The molecule has 0 radical (unpaired) electrons. The highest BCUT2D eigenvalue weighted by molar-refractivity contribution is 5.87. The predicted octanol–water partition coefficient (Wildman–Crippen LogP) is 3.08. The van der Waals surface area contributed by atoms with Gasteiger partial charge in [0.15, 0.2) is 0 Å². The van der Waals surface area contributed by atoms with Crippen LogP contribution in [0.5, 0.6) is 0 Å². The van der Waals surface area contributed by atoms with Gasteiger partial charge in [-0.15, -0.1) is 0 Å². The fourth-order valence-corrected chi connectivity index (χ4v) is 3.20. The summed E-state index contributed by atoms with van der Waals surface area (Å²) in [7, 11) is 0. The summed E-state index contributed by atoms with van der Waals surface area (Å²) in [6.07, 6.45) is -4.57. The van der Waals surface area contributed by atoms with Gasteiger partial charge in [0, 0.05) is 19.6 Å². The van der Waals surface area contributed by atoms with Crippen molar-refractivity contribution < 1.29 is 27.9 Å². The van der Waals surface area contributed by atoms with Crippen LogP contribution in [0.25, 0.3) is 0 Å². The molecule has 1 heterocycles. The summed E-state index contributed by atoms with van der Waals surface area (Å²) in [5.41, 5.74) is -0.0964. The average Bonchev–Trinajstić information content (AvgIpc) is 2.62. The molecule has 0 saturated carbocycles. The molecule has 0 spiro atoms. The van der Waals surface area contributed by atoms with Crippen LogP contribution in [0.15, 0.2) is 48.5 Å². The summed E-state index contributed by atoms with van der Waals surface area (Å²) in [6, 6.07) is 10.0. The Morgan fingerprint density at radius 2 is 1.81 bits per heavy atom. The van der Waals surface area contributed by atoms with Crippen molar-refractivity contribution in [1.29, 1.82) is 0 Å². The SMILES string of the molecule is O=C(O)c1ccc(CN2CCNC(=O)C2c2ccccc2C(F)(F)F)cc1. The zero-order valence-electron chi connectivity index (χ0n) is 14.2. The zero-order valence-corrected chi connectivity index (χ0v) is 14.2. The second kappa shape index (κ2) is 7.40. The number of aromatic carboxylic acids is 1. The Balaban J connectivity index is 1.93. The number of carbonyl (C=O) groups excluding carboxylic acids is 1. The molecule has 1 unspecified atom stereocenters. The van der Waals surface area contributed by atoms with Gasteiger partial charge in [0.1, 0.15) is 6.04 Å². The van der Waals surface area contributed by atoms with E-state index in [1.165, 1.54) is 30.3 Å². The minimum absolute atomic E-state index is 0.0932. The number of nitrogens with one attached hydrogen (secondary N) is 1. The fourth-order valence-electron chi connectivity index (χ4n) is 3.20. The summed E-state index contributed by atoms with van der Waals surface area (Å²) in [6.45, 7) is 0.935. The van der Waals surface area contributed by atoms with Gasteiger partial charge < -0.3 is 10.4 Å². The van der Waals surface area contributed by atoms with Gasteiger partial charge in [0.25, 0.3) is 0 Å². The lowest BCUT2D eigenvalue weighted by Crippen LogP contribution is -2.50. The van der Waals surface area contributed by atoms with Crippen LogP contribution in [0.3, 0.4) is 0 Å². The number of nitrogens with zero attached hydrogens (tertiary/aromatic N) is 1. The summed E-state index contributed by atoms with van der Waals surface area (Å²) in [4.78, 5) is 25.0. The maximum absolute atomic E-state index is 13.4. The van der Waals surface area contributed by atoms with Crippen molar-refractivity contribution in [3.05, 3.63) is 70.8 Å². The minimum Gasteiger partial charge on any atom is -0.478 e. The van der Waals surface area contributed by atoms with Crippen molar-refractivity contribution in [2.45, 2.75) is 18.8 Å². The lowest BCUT2D eigenvalue weighted by atomic mass is 9.96. The molecule has 1 amide bonds. The number of amides is 1. The largest absolute Gasteiger partial charge is 0.478 e. The molecule has 142 valence electrons. The van der Waals surface area contributed by atoms with Gasteiger partial charge in [-0.3, -0.25) is 9.69 Å². The number of benzene rings is 2. The van der Waals surface area contributed by atoms with Crippen molar-refractivity contribution in [3.63, 3.8) is 0 Å². The maximum atomic E-state index is 13.4. The van der Waals surface area contributed by atoms with Crippen LogP contribution < -0.4 is 5.32 Å². The third kappa shape index (κ3) is 4.11. The first kappa shape index (κ1) is 18.9. The molecule has 8 heteroatoms. The van der Waals surface area contributed by atoms with E-state index in [2.05, 4.69) is 5.32 Å².